The number of hydrogen-bond acceptors (Lipinski definition) is 3. The monoisotopic (exact) mass is 286 g/mol. The van der Waals surface area contributed by atoms with Crippen molar-refractivity contribution in [1.82, 2.24) is 0 Å². The van der Waals surface area contributed by atoms with Crippen LogP contribution in [-0.4, -0.2) is 20.5 Å². The predicted molar refractivity (Wildman–Crippen MR) is 66.7 cm³/mol. The highest BCUT2D eigenvalue weighted by atomic mass is 79.9. The van der Waals surface area contributed by atoms with Gasteiger partial charge in [-0.2, -0.15) is 0 Å². The molecule has 0 saturated heterocycles. The summed E-state index contributed by atoms with van der Waals surface area (Å²) in [6, 6.07) is 1.82. The Balaban J connectivity index is 3.55. The molecule has 0 N–H and O–H groups in total. The topological polar surface area (TPSA) is 35.5 Å². The van der Waals surface area contributed by atoms with E-state index >= 15 is 0 Å². The molecule has 0 spiro atoms. The highest BCUT2D eigenvalue weighted by Gasteiger charge is 2.19. The van der Waals surface area contributed by atoms with Crippen LogP contribution in [0.2, 0.25) is 0 Å². The van der Waals surface area contributed by atoms with Crippen LogP contribution in [0.4, 0.5) is 0 Å². The van der Waals surface area contributed by atoms with Crippen LogP contribution in [0.3, 0.4) is 0 Å². The maximum absolute atomic E-state index is 10.9. The van der Waals surface area contributed by atoms with Crippen molar-refractivity contribution in [3.05, 3.63) is 21.7 Å². The summed E-state index contributed by atoms with van der Waals surface area (Å²) in [7, 11) is 3.15. The summed E-state index contributed by atoms with van der Waals surface area (Å²) < 4.78 is 11.2. The van der Waals surface area contributed by atoms with Gasteiger partial charge >= 0.3 is 0 Å². The molecule has 1 aromatic carbocycles. The molecule has 0 aliphatic carbocycles. The minimum atomic E-state index is 0.260. The molecule has 0 bridgehead atoms. The first-order chi connectivity index (χ1) is 7.56. The van der Waals surface area contributed by atoms with Crippen molar-refractivity contribution in [2.75, 3.05) is 14.2 Å². The Morgan fingerprint density at radius 3 is 2.19 bits per heavy atom. The molecule has 16 heavy (non-hydrogen) atoms. The number of aldehydes is 1. The highest BCUT2D eigenvalue weighted by molar-refractivity contribution is 9.10. The second kappa shape index (κ2) is 5.34. The van der Waals surface area contributed by atoms with Crippen molar-refractivity contribution in [2.24, 2.45) is 0 Å². The number of carbonyl (C=O) groups is 1. The van der Waals surface area contributed by atoms with Gasteiger partial charge in [-0.15, -0.1) is 0 Å². The molecule has 88 valence electrons. The number of halogens is 1. The fourth-order valence-electron chi connectivity index (χ4n) is 1.57. The molecule has 0 fully saturated rings. The molecule has 0 saturated carbocycles. The summed E-state index contributed by atoms with van der Waals surface area (Å²) in [5, 5.41) is 0. The minimum absolute atomic E-state index is 0.260. The van der Waals surface area contributed by atoms with Crippen molar-refractivity contribution in [1.29, 1.82) is 0 Å². The Labute approximate surface area is 104 Å². The van der Waals surface area contributed by atoms with Gasteiger partial charge in [-0.1, -0.05) is 13.8 Å². The normalized spacial score (nSPS) is 10.4. The molecule has 1 aromatic rings. The summed E-state index contributed by atoms with van der Waals surface area (Å²) in [5.74, 6) is 1.50. The van der Waals surface area contributed by atoms with E-state index < -0.39 is 0 Å². The van der Waals surface area contributed by atoms with Crippen molar-refractivity contribution in [2.45, 2.75) is 19.8 Å². The molecule has 1 rings (SSSR count). The third-order valence-corrected chi connectivity index (χ3v) is 3.21. The molecule has 0 aromatic heterocycles. The fraction of sp³-hybridized carbons (Fsp3) is 0.417. The summed E-state index contributed by atoms with van der Waals surface area (Å²) in [5.41, 5.74) is 1.53. The van der Waals surface area contributed by atoms with Crippen molar-refractivity contribution < 1.29 is 14.3 Å². The van der Waals surface area contributed by atoms with Crippen LogP contribution < -0.4 is 9.47 Å². The Hall–Kier alpha value is -1.03. The molecule has 3 nitrogen and oxygen atoms in total. The molecule has 0 atom stereocenters. The average molecular weight is 287 g/mol. The van der Waals surface area contributed by atoms with Gasteiger partial charge in [-0.25, -0.2) is 0 Å². The number of methoxy groups -OCH3 is 2. The Morgan fingerprint density at radius 2 is 1.81 bits per heavy atom. The van der Waals surface area contributed by atoms with Gasteiger partial charge in [0.25, 0.3) is 0 Å². The van der Waals surface area contributed by atoms with Gasteiger partial charge in [-0.3, -0.25) is 4.79 Å². The number of rotatable bonds is 4. The largest absolute Gasteiger partial charge is 0.493 e. The Bertz CT molecular complexity index is 400. The number of benzene rings is 1. The molecule has 0 radical (unpaired) electrons. The molecule has 4 heteroatoms. The van der Waals surface area contributed by atoms with E-state index in [1.807, 2.05) is 19.9 Å². The second-order valence-electron chi connectivity index (χ2n) is 3.71. The van der Waals surface area contributed by atoms with Gasteiger partial charge < -0.3 is 9.47 Å². The third-order valence-electron chi connectivity index (χ3n) is 2.39. The van der Waals surface area contributed by atoms with Gasteiger partial charge in [0.1, 0.15) is 0 Å². The van der Waals surface area contributed by atoms with Crippen LogP contribution in [0.25, 0.3) is 0 Å². The summed E-state index contributed by atoms with van der Waals surface area (Å²) in [6.45, 7) is 4.08. The van der Waals surface area contributed by atoms with Crippen LogP contribution >= 0.6 is 15.9 Å². The van der Waals surface area contributed by atoms with Crippen molar-refractivity contribution >= 4 is 22.2 Å². The SMILES string of the molecule is COc1c(C(C)C)cc(C=O)c(Br)c1OC. The lowest BCUT2D eigenvalue weighted by Crippen LogP contribution is -2.01. The molecule has 0 aliphatic heterocycles. The van der Waals surface area contributed by atoms with Gasteiger partial charge in [0, 0.05) is 11.1 Å². The van der Waals surface area contributed by atoms with E-state index in [1.165, 1.54) is 0 Å². The maximum atomic E-state index is 10.9. The first-order valence-electron chi connectivity index (χ1n) is 4.96. The maximum Gasteiger partial charge on any atom is 0.175 e. The van der Waals surface area contributed by atoms with Crippen LogP contribution in [0, 0.1) is 0 Å². The van der Waals surface area contributed by atoms with E-state index in [0.717, 1.165) is 11.8 Å². The molecule has 0 aliphatic rings. The second-order valence-corrected chi connectivity index (χ2v) is 4.50. The van der Waals surface area contributed by atoms with Crippen LogP contribution in [0.15, 0.2) is 10.5 Å². The predicted octanol–water partition coefficient (Wildman–Crippen LogP) is 3.40. The van der Waals surface area contributed by atoms with Crippen LogP contribution in [-0.2, 0) is 0 Å². The van der Waals surface area contributed by atoms with E-state index in [0.29, 0.717) is 21.5 Å². The van der Waals surface area contributed by atoms with Gasteiger partial charge in [-0.05, 0) is 27.9 Å². The fourth-order valence-corrected chi connectivity index (χ4v) is 2.12. The molecule has 0 amide bonds. The quantitative estimate of drug-likeness (QED) is 0.796. The summed E-state index contributed by atoms with van der Waals surface area (Å²) in [6.07, 6.45) is 0.803. The van der Waals surface area contributed by atoms with Crippen LogP contribution in [0.5, 0.6) is 11.5 Å². The zero-order valence-electron chi connectivity index (χ0n) is 9.83. The molecular weight excluding hydrogens is 272 g/mol. The van der Waals surface area contributed by atoms with Crippen LogP contribution in [0.1, 0.15) is 35.7 Å². The number of hydrogen-bond donors (Lipinski definition) is 0. The first-order valence-corrected chi connectivity index (χ1v) is 5.75. The van der Waals surface area contributed by atoms with E-state index in [2.05, 4.69) is 15.9 Å². The van der Waals surface area contributed by atoms with Gasteiger partial charge in [0.2, 0.25) is 0 Å². The minimum Gasteiger partial charge on any atom is -0.493 e. The lowest BCUT2D eigenvalue weighted by molar-refractivity contribution is 0.112. The summed E-state index contributed by atoms with van der Waals surface area (Å²) >= 11 is 3.34. The third kappa shape index (κ3) is 2.21. The Kier molecular flexibility index (Phi) is 4.35. The highest BCUT2D eigenvalue weighted by Crippen LogP contribution is 2.42. The first kappa shape index (κ1) is 13.0. The smallest absolute Gasteiger partial charge is 0.175 e. The lowest BCUT2D eigenvalue weighted by Gasteiger charge is -2.17. The molecular formula is C12H15BrO3. The average Bonchev–Trinajstić information content (AvgIpc) is 2.27. The standard InChI is InChI=1S/C12H15BrO3/c1-7(2)9-5-8(6-14)10(13)12(16-4)11(9)15-3/h5-7H,1-4H3. The molecule has 0 heterocycles. The van der Waals surface area contributed by atoms with E-state index in [9.17, 15) is 4.79 Å². The number of ether oxygens (including phenoxy) is 2. The van der Waals surface area contributed by atoms with Crippen molar-refractivity contribution in [3.63, 3.8) is 0 Å². The lowest BCUT2D eigenvalue weighted by atomic mass is 9.99. The van der Waals surface area contributed by atoms with E-state index in [-0.39, 0.29) is 5.92 Å². The Morgan fingerprint density at radius 1 is 1.25 bits per heavy atom. The van der Waals surface area contributed by atoms with E-state index in [1.54, 1.807) is 14.2 Å². The zero-order chi connectivity index (χ0) is 12.3. The summed E-state index contributed by atoms with van der Waals surface area (Å²) in [4.78, 5) is 10.9. The number of carbonyl (C=O) groups excluding carboxylic acids is 1. The van der Waals surface area contributed by atoms with Gasteiger partial charge in [0.15, 0.2) is 17.8 Å². The zero-order valence-corrected chi connectivity index (χ0v) is 11.4. The van der Waals surface area contributed by atoms with Gasteiger partial charge in [0.05, 0.1) is 18.7 Å². The van der Waals surface area contributed by atoms with E-state index in [4.69, 9.17) is 9.47 Å². The van der Waals surface area contributed by atoms with Crippen molar-refractivity contribution in [3.8, 4) is 11.5 Å². The molecule has 0 unspecified atom stereocenters.